The lowest BCUT2D eigenvalue weighted by Crippen LogP contribution is -2.76. The summed E-state index contributed by atoms with van der Waals surface area (Å²) in [6.07, 6.45) is 1.88. The molecular weight excluding hydrogens is 416 g/mol. The average Bonchev–Trinajstić information content (AvgIpc) is 2.63. The van der Waals surface area contributed by atoms with Gasteiger partial charge in [0, 0.05) is 23.0 Å². The lowest BCUT2D eigenvalue weighted by molar-refractivity contribution is -0.500. The minimum Gasteiger partial charge on any atom is -0.496 e. The fourth-order valence-corrected chi connectivity index (χ4v) is 4.71. The Morgan fingerprint density at radius 3 is 2.13 bits per heavy atom. The van der Waals surface area contributed by atoms with Crippen LogP contribution in [0, 0.1) is 5.92 Å². The molecule has 2 unspecified atom stereocenters. The lowest BCUT2D eigenvalue weighted by atomic mass is 9.64. The second kappa shape index (κ2) is 7.66. The van der Waals surface area contributed by atoms with Gasteiger partial charge in [0.25, 0.3) is 11.6 Å². The highest BCUT2D eigenvalue weighted by Crippen LogP contribution is 2.58. The van der Waals surface area contributed by atoms with Crippen molar-refractivity contribution >= 4 is 0 Å². The highest BCUT2D eigenvalue weighted by Gasteiger charge is 2.73. The molecule has 1 aliphatic carbocycles. The Morgan fingerprint density at radius 1 is 1.03 bits per heavy atom. The number of ether oxygens (including phenoxy) is 2. The van der Waals surface area contributed by atoms with Crippen molar-refractivity contribution < 1.29 is 55.4 Å². The first-order valence-electron chi connectivity index (χ1n) is 9.79. The van der Waals surface area contributed by atoms with Crippen LogP contribution in [0.5, 0.6) is 11.5 Å². The van der Waals surface area contributed by atoms with Crippen LogP contribution in [0.3, 0.4) is 0 Å². The van der Waals surface area contributed by atoms with E-state index in [4.69, 9.17) is 9.47 Å². The van der Waals surface area contributed by atoms with Gasteiger partial charge in [0.15, 0.2) is 0 Å². The summed E-state index contributed by atoms with van der Waals surface area (Å²) in [6, 6.07) is 3.14. The molecule has 1 aliphatic heterocycles. The van der Waals surface area contributed by atoms with E-state index in [1.54, 1.807) is 6.07 Å². The second-order valence-corrected chi connectivity index (χ2v) is 8.07. The maximum absolute atomic E-state index is 10.1. The standard InChI is InChI=1S/C20H28O11/c1-3-4-10-7-14(30-2)16-12-9-11(18(21,22)23)5-6-13(12)17(19(24,25)26,20(27,28)29)31-15(16)8-10/h7-9,12-13,21-29H,3-6H2,1-2H3. The van der Waals surface area contributed by atoms with E-state index in [9.17, 15) is 46.0 Å². The van der Waals surface area contributed by atoms with Crippen LogP contribution in [0.15, 0.2) is 23.8 Å². The van der Waals surface area contributed by atoms with Gasteiger partial charge in [0.2, 0.25) is 0 Å². The van der Waals surface area contributed by atoms with Crippen molar-refractivity contribution in [1.82, 2.24) is 0 Å². The molecule has 0 spiro atoms. The van der Waals surface area contributed by atoms with Crippen LogP contribution in [0.2, 0.25) is 0 Å². The molecule has 0 radical (unpaired) electrons. The van der Waals surface area contributed by atoms with Crippen LogP contribution < -0.4 is 9.47 Å². The highest BCUT2D eigenvalue weighted by molar-refractivity contribution is 5.55. The second-order valence-electron chi connectivity index (χ2n) is 8.07. The van der Waals surface area contributed by atoms with Gasteiger partial charge in [-0.1, -0.05) is 19.4 Å². The summed E-state index contributed by atoms with van der Waals surface area (Å²) in [5.74, 6) is -13.5. The molecule has 0 saturated carbocycles. The first-order valence-corrected chi connectivity index (χ1v) is 9.79. The van der Waals surface area contributed by atoms with Crippen molar-refractivity contribution in [3.63, 3.8) is 0 Å². The van der Waals surface area contributed by atoms with Crippen LogP contribution in [0.4, 0.5) is 0 Å². The monoisotopic (exact) mass is 444 g/mol. The van der Waals surface area contributed by atoms with Gasteiger partial charge < -0.3 is 55.4 Å². The number of benzene rings is 1. The third kappa shape index (κ3) is 3.82. The van der Waals surface area contributed by atoms with Gasteiger partial charge in [-0.05, 0) is 37.0 Å². The molecule has 0 saturated heterocycles. The number of allylic oxidation sites excluding steroid dienone is 1. The summed E-state index contributed by atoms with van der Waals surface area (Å²) in [5.41, 5.74) is -2.50. The lowest BCUT2D eigenvalue weighted by Gasteiger charge is -2.54. The fraction of sp³-hybridized carbons (Fsp3) is 0.600. The summed E-state index contributed by atoms with van der Waals surface area (Å²) in [4.78, 5) is 0. The smallest absolute Gasteiger partial charge is 0.326 e. The van der Waals surface area contributed by atoms with E-state index in [0.717, 1.165) is 6.42 Å². The van der Waals surface area contributed by atoms with Gasteiger partial charge in [0.1, 0.15) is 11.5 Å². The molecule has 3 rings (SSSR count). The Hall–Kier alpha value is -1.80. The van der Waals surface area contributed by atoms with E-state index >= 15 is 0 Å². The normalized spacial score (nSPS) is 23.4. The molecule has 0 fully saturated rings. The van der Waals surface area contributed by atoms with Gasteiger partial charge >= 0.3 is 11.9 Å². The minimum atomic E-state index is -3.94. The number of aliphatic hydroxyl groups is 9. The summed E-state index contributed by atoms with van der Waals surface area (Å²) >= 11 is 0. The highest BCUT2D eigenvalue weighted by atomic mass is 16.8. The Balaban J connectivity index is 2.36. The van der Waals surface area contributed by atoms with Gasteiger partial charge in [0.05, 0.1) is 7.11 Å². The molecule has 0 aromatic heterocycles. The zero-order valence-electron chi connectivity index (χ0n) is 17.1. The van der Waals surface area contributed by atoms with Crippen molar-refractivity contribution in [1.29, 1.82) is 0 Å². The Labute approximate surface area is 177 Å². The van der Waals surface area contributed by atoms with Crippen molar-refractivity contribution in [2.24, 2.45) is 5.92 Å². The third-order valence-electron chi connectivity index (χ3n) is 6.02. The minimum absolute atomic E-state index is 0.163. The number of rotatable bonds is 6. The average molecular weight is 444 g/mol. The molecule has 11 nitrogen and oxygen atoms in total. The zero-order chi connectivity index (χ0) is 23.4. The Morgan fingerprint density at radius 2 is 1.65 bits per heavy atom. The number of fused-ring (bicyclic) bond motifs is 3. The SMILES string of the molecule is CCCc1cc(OC)c2c(c1)OC(C(O)(O)O)(C(O)(O)O)C1CCC(C(O)(O)O)=CC21. The predicted molar refractivity (Wildman–Crippen MR) is 102 cm³/mol. The Bertz CT molecular complexity index is 844. The molecule has 1 aromatic rings. The van der Waals surface area contributed by atoms with E-state index in [0.29, 0.717) is 12.0 Å². The molecule has 11 heteroatoms. The number of aryl methyl sites for hydroxylation is 1. The molecule has 2 aliphatic rings. The number of hydrogen-bond acceptors (Lipinski definition) is 11. The molecule has 1 aromatic carbocycles. The quantitative estimate of drug-likeness (QED) is 0.175. The molecular formula is C20H28O11. The third-order valence-corrected chi connectivity index (χ3v) is 6.02. The maximum Gasteiger partial charge on any atom is 0.326 e. The van der Waals surface area contributed by atoms with Gasteiger partial charge in [-0.25, -0.2) is 0 Å². The van der Waals surface area contributed by atoms with E-state index < -0.39 is 35.4 Å². The van der Waals surface area contributed by atoms with Gasteiger partial charge in [-0.3, -0.25) is 0 Å². The van der Waals surface area contributed by atoms with Crippen LogP contribution in [0.1, 0.15) is 43.2 Å². The van der Waals surface area contributed by atoms with Crippen molar-refractivity contribution in [3.8, 4) is 11.5 Å². The van der Waals surface area contributed by atoms with E-state index in [1.807, 2.05) is 6.92 Å². The molecule has 31 heavy (non-hydrogen) atoms. The molecule has 174 valence electrons. The van der Waals surface area contributed by atoms with E-state index in [-0.39, 0.29) is 35.5 Å². The summed E-state index contributed by atoms with van der Waals surface area (Å²) < 4.78 is 11.0. The first kappa shape index (κ1) is 23.9. The summed E-state index contributed by atoms with van der Waals surface area (Å²) in [6.45, 7) is 1.91. The van der Waals surface area contributed by atoms with E-state index in [2.05, 4.69) is 0 Å². The van der Waals surface area contributed by atoms with Crippen LogP contribution >= 0.6 is 0 Å². The van der Waals surface area contributed by atoms with Gasteiger partial charge in [-0.2, -0.15) is 0 Å². The largest absolute Gasteiger partial charge is 0.496 e. The maximum atomic E-state index is 10.1. The van der Waals surface area contributed by atoms with E-state index in [1.165, 1.54) is 19.3 Å². The predicted octanol–water partition coefficient (Wildman–Crippen LogP) is -1.91. The van der Waals surface area contributed by atoms with Crippen molar-refractivity contribution in [2.75, 3.05) is 7.11 Å². The molecule has 1 heterocycles. The zero-order valence-corrected chi connectivity index (χ0v) is 17.1. The first-order chi connectivity index (χ1) is 14.2. The topological polar surface area (TPSA) is 201 Å². The summed E-state index contributed by atoms with van der Waals surface area (Å²) in [5, 5.41) is 89.7. The van der Waals surface area contributed by atoms with Crippen molar-refractivity contribution in [2.45, 2.75) is 62.0 Å². The van der Waals surface area contributed by atoms with Crippen LogP contribution in [-0.4, -0.2) is 76.6 Å². The fourth-order valence-electron chi connectivity index (χ4n) is 4.71. The molecule has 9 N–H and O–H groups in total. The van der Waals surface area contributed by atoms with Crippen molar-refractivity contribution in [3.05, 3.63) is 34.9 Å². The van der Waals surface area contributed by atoms with Crippen LogP contribution in [-0.2, 0) is 6.42 Å². The summed E-state index contributed by atoms with van der Waals surface area (Å²) in [7, 11) is 1.37. The molecule has 0 bridgehead atoms. The molecule has 0 amide bonds. The van der Waals surface area contributed by atoms with Gasteiger partial charge in [-0.15, -0.1) is 0 Å². The Kier molecular flexibility index (Phi) is 5.89. The van der Waals surface area contributed by atoms with Crippen LogP contribution in [0.25, 0.3) is 0 Å². The number of methoxy groups -OCH3 is 1. The number of hydrogen-bond donors (Lipinski definition) is 9. The molecule has 2 atom stereocenters.